The summed E-state index contributed by atoms with van der Waals surface area (Å²) in [6.07, 6.45) is 0.658. The van der Waals surface area contributed by atoms with E-state index in [-0.39, 0.29) is 11.2 Å². The second kappa shape index (κ2) is 3.82. The molecule has 0 radical (unpaired) electrons. The van der Waals surface area contributed by atoms with Crippen molar-refractivity contribution < 1.29 is 9.50 Å². The molecule has 0 saturated carbocycles. The number of rotatable bonds is 1. The molecular formula is C13H18FNO. The molecule has 1 fully saturated rings. The second-order valence-corrected chi connectivity index (χ2v) is 5.18. The van der Waals surface area contributed by atoms with Crippen molar-refractivity contribution in [3.05, 3.63) is 35.6 Å². The maximum Gasteiger partial charge on any atom is 0.123 e. The molecule has 0 amide bonds. The fourth-order valence-corrected chi connectivity index (χ4v) is 2.42. The number of hydrogen-bond donors (Lipinski definition) is 2. The van der Waals surface area contributed by atoms with Crippen LogP contribution in [-0.4, -0.2) is 18.2 Å². The molecule has 1 aliphatic heterocycles. The number of hydrogen-bond acceptors (Lipinski definition) is 2. The fourth-order valence-electron chi connectivity index (χ4n) is 2.42. The van der Waals surface area contributed by atoms with E-state index in [1.54, 1.807) is 12.1 Å². The number of aliphatic hydroxyl groups is 1. The molecule has 1 aromatic carbocycles. The predicted molar refractivity (Wildman–Crippen MR) is 61.6 cm³/mol. The minimum atomic E-state index is -0.869. The van der Waals surface area contributed by atoms with Crippen LogP contribution in [-0.2, 0) is 5.60 Å². The van der Waals surface area contributed by atoms with E-state index in [2.05, 4.69) is 5.32 Å². The third kappa shape index (κ3) is 1.74. The van der Waals surface area contributed by atoms with Crippen molar-refractivity contribution in [3.8, 4) is 0 Å². The Balaban J connectivity index is 2.39. The highest BCUT2D eigenvalue weighted by Crippen LogP contribution is 2.43. The van der Waals surface area contributed by atoms with Gasteiger partial charge in [0.05, 0.1) is 5.60 Å². The Morgan fingerprint density at radius 1 is 1.25 bits per heavy atom. The van der Waals surface area contributed by atoms with Gasteiger partial charge < -0.3 is 10.4 Å². The zero-order valence-electron chi connectivity index (χ0n) is 9.76. The lowest BCUT2D eigenvalue weighted by Crippen LogP contribution is -2.53. The standard InChI is InChI=1S/C13H18FNO/c1-12(2)9-15-8-7-13(12,16)10-3-5-11(14)6-4-10/h3-6,15-16H,7-9H2,1-2H3. The van der Waals surface area contributed by atoms with E-state index in [0.717, 1.165) is 18.7 Å². The molecule has 1 aliphatic rings. The summed E-state index contributed by atoms with van der Waals surface area (Å²) in [5.41, 5.74) is -0.310. The number of benzene rings is 1. The van der Waals surface area contributed by atoms with Crippen LogP contribution < -0.4 is 5.32 Å². The van der Waals surface area contributed by atoms with Gasteiger partial charge in [-0.05, 0) is 30.7 Å². The summed E-state index contributed by atoms with van der Waals surface area (Å²) in [6.45, 7) is 5.61. The Kier molecular flexibility index (Phi) is 2.76. The molecule has 1 unspecified atom stereocenters. The Labute approximate surface area is 95.5 Å². The van der Waals surface area contributed by atoms with Crippen molar-refractivity contribution >= 4 is 0 Å². The minimum absolute atomic E-state index is 0.247. The predicted octanol–water partition coefficient (Wildman–Crippen LogP) is 2.03. The van der Waals surface area contributed by atoms with Gasteiger partial charge >= 0.3 is 0 Å². The topological polar surface area (TPSA) is 32.3 Å². The lowest BCUT2D eigenvalue weighted by molar-refractivity contribution is -0.0945. The molecule has 2 N–H and O–H groups in total. The molecular weight excluding hydrogens is 205 g/mol. The van der Waals surface area contributed by atoms with Crippen molar-refractivity contribution in [2.24, 2.45) is 5.41 Å². The van der Waals surface area contributed by atoms with Crippen LogP contribution in [0, 0.1) is 11.2 Å². The quantitative estimate of drug-likeness (QED) is 0.763. The van der Waals surface area contributed by atoms with Gasteiger partial charge in [0.2, 0.25) is 0 Å². The number of halogens is 1. The first-order chi connectivity index (χ1) is 7.46. The van der Waals surface area contributed by atoms with Crippen molar-refractivity contribution in [3.63, 3.8) is 0 Å². The molecule has 0 bridgehead atoms. The van der Waals surface area contributed by atoms with Crippen molar-refractivity contribution in [2.45, 2.75) is 25.9 Å². The van der Waals surface area contributed by atoms with Crippen molar-refractivity contribution in [1.82, 2.24) is 5.32 Å². The molecule has 3 heteroatoms. The first-order valence-corrected chi connectivity index (χ1v) is 5.65. The summed E-state index contributed by atoms with van der Waals surface area (Å²) < 4.78 is 12.9. The molecule has 1 aromatic rings. The molecule has 0 aromatic heterocycles. The summed E-state index contributed by atoms with van der Waals surface area (Å²) in [4.78, 5) is 0. The average molecular weight is 223 g/mol. The molecule has 2 rings (SSSR count). The zero-order chi connectivity index (χ0) is 11.8. The molecule has 0 aliphatic carbocycles. The molecule has 1 saturated heterocycles. The first kappa shape index (κ1) is 11.6. The fraction of sp³-hybridized carbons (Fsp3) is 0.538. The Bertz CT molecular complexity index is 374. The van der Waals surface area contributed by atoms with Crippen LogP contribution in [0.5, 0.6) is 0 Å². The van der Waals surface area contributed by atoms with Gasteiger partial charge in [0, 0.05) is 12.0 Å². The van der Waals surface area contributed by atoms with Gasteiger partial charge in [0.15, 0.2) is 0 Å². The van der Waals surface area contributed by atoms with E-state index in [0.29, 0.717) is 6.42 Å². The zero-order valence-corrected chi connectivity index (χ0v) is 9.76. The van der Waals surface area contributed by atoms with E-state index >= 15 is 0 Å². The third-order valence-electron chi connectivity index (χ3n) is 3.67. The maximum absolute atomic E-state index is 12.9. The third-order valence-corrected chi connectivity index (χ3v) is 3.67. The lowest BCUT2D eigenvalue weighted by Gasteiger charge is -2.47. The Morgan fingerprint density at radius 2 is 1.88 bits per heavy atom. The van der Waals surface area contributed by atoms with Crippen LogP contribution in [0.1, 0.15) is 25.8 Å². The van der Waals surface area contributed by atoms with Crippen LogP contribution >= 0.6 is 0 Å². The summed E-state index contributed by atoms with van der Waals surface area (Å²) in [5, 5.41) is 14.1. The minimum Gasteiger partial charge on any atom is -0.385 e. The summed E-state index contributed by atoms with van der Waals surface area (Å²) >= 11 is 0. The van der Waals surface area contributed by atoms with Crippen LogP contribution in [0.4, 0.5) is 4.39 Å². The first-order valence-electron chi connectivity index (χ1n) is 5.65. The average Bonchev–Trinajstić information content (AvgIpc) is 2.23. The highest BCUT2D eigenvalue weighted by molar-refractivity contribution is 5.26. The Hall–Kier alpha value is -0.930. The van der Waals surface area contributed by atoms with Gasteiger partial charge in [-0.2, -0.15) is 0 Å². The van der Waals surface area contributed by atoms with Crippen LogP contribution in [0.2, 0.25) is 0 Å². The van der Waals surface area contributed by atoms with Crippen molar-refractivity contribution in [1.29, 1.82) is 0 Å². The van der Waals surface area contributed by atoms with Gasteiger partial charge in [0.1, 0.15) is 5.82 Å². The van der Waals surface area contributed by atoms with Gasteiger partial charge in [-0.1, -0.05) is 26.0 Å². The molecule has 0 spiro atoms. The summed E-state index contributed by atoms with van der Waals surface area (Å²) in [7, 11) is 0. The number of nitrogens with one attached hydrogen (secondary N) is 1. The van der Waals surface area contributed by atoms with Crippen LogP contribution in [0.25, 0.3) is 0 Å². The maximum atomic E-state index is 12.9. The van der Waals surface area contributed by atoms with E-state index in [1.807, 2.05) is 13.8 Å². The van der Waals surface area contributed by atoms with Gasteiger partial charge in [-0.15, -0.1) is 0 Å². The summed E-state index contributed by atoms with van der Waals surface area (Å²) in [5.74, 6) is -0.265. The van der Waals surface area contributed by atoms with E-state index < -0.39 is 5.60 Å². The monoisotopic (exact) mass is 223 g/mol. The highest BCUT2D eigenvalue weighted by Gasteiger charge is 2.46. The normalized spacial score (nSPS) is 29.0. The molecule has 1 heterocycles. The number of piperidine rings is 1. The molecule has 1 atom stereocenters. The van der Waals surface area contributed by atoms with Crippen LogP contribution in [0.3, 0.4) is 0 Å². The molecule has 88 valence electrons. The van der Waals surface area contributed by atoms with Gasteiger partial charge in [0.25, 0.3) is 0 Å². The van der Waals surface area contributed by atoms with Crippen LogP contribution in [0.15, 0.2) is 24.3 Å². The summed E-state index contributed by atoms with van der Waals surface area (Å²) in [6, 6.07) is 6.18. The van der Waals surface area contributed by atoms with Gasteiger partial charge in [-0.3, -0.25) is 0 Å². The highest BCUT2D eigenvalue weighted by atomic mass is 19.1. The molecule has 16 heavy (non-hydrogen) atoms. The second-order valence-electron chi connectivity index (χ2n) is 5.18. The largest absolute Gasteiger partial charge is 0.385 e. The smallest absolute Gasteiger partial charge is 0.123 e. The Morgan fingerprint density at radius 3 is 2.44 bits per heavy atom. The SMILES string of the molecule is CC1(C)CNCCC1(O)c1ccc(F)cc1. The van der Waals surface area contributed by atoms with E-state index in [4.69, 9.17) is 0 Å². The van der Waals surface area contributed by atoms with E-state index in [1.165, 1.54) is 12.1 Å². The van der Waals surface area contributed by atoms with E-state index in [9.17, 15) is 9.50 Å². The molecule has 2 nitrogen and oxygen atoms in total. The lowest BCUT2D eigenvalue weighted by atomic mass is 9.67. The van der Waals surface area contributed by atoms with Gasteiger partial charge in [-0.25, -0.2) is 4.39 Å². The van der Waals surface area contributed by atoms with Crippen molar-refractivity contribution in [2.75, 3.05) is 13.1 Å².